The van der Waals surface area contributed by atoms with Gasteiger partial charge in [0.25, 0.3) is 0 Å². The molecule has 1 aromatic carbocycles. The molecule has 0 radical (unpaired) electrons. The van der Waals surface area contributed by atoms with Crippen molar-refractivity contribution in [2.75, 3.05) is 38.2 Å². The molecule has 2 aromatic rings. The Morgan fingerprint density at radius 1 is 1.27 bits per heavy atom. The second kappa shape index (κ2) is 8.08. The summed E-state index contributed by atoms with van der Waals surface area (Å²) in [4.78, 5) is 3.46. The summed E-state index contributed by atoms with van der Waals surface area (Å²) in [7, 11) is 0. The van der Waals surface area contributed by atoms with Crippen molar-refractivity contribution >= 4 is 17.0 Å². The molecule has 138 valence electrons. The summed E-state index contributed by atoms with van der Waals surface area (Å²) in [5, 5.41) is 14.4. The fraction of sp³-hybridized carbons (Fsp3) is 0.389. The number of rotatable bonds is 5. The van der Waals surface area contributed by atoms with Crippen LogP contribution in [0.25, 0.3) is 0 Å². The van der Waals surface area contributed by atoms with Crippen LogP contribution >= 0.6 is 11.3 Å². The maximum atomic E-state index is 12.8. The zero-order chi connectivity index (χ0) is 18.6. The molecular formula is C18H18F3N3OS. The maximum Gasteiger partial charge on any atom is 0.416 e. The predicted octanol–water partition coefficient (Wildman–Crippen LogP) is 4.12. The van der Waals surface area contributed by atoms with Crippen LogP contribution in [0.5, 0.6) is 0 Å². The molecule has 4 nitrogen and oxygen atoms in total. The van der Waals surface area contributed by atoms with Crippen molar-refractivity contribution in [1.82, 2.24) is 4.90 Å². The van der Waals surface area contributed by atoms with Crippen molar-refractivity contribution in [1.29, 1.82) is 5.26 Å². The van der Waals surface area contributed by atoms with E-state index in [1.807, 2.05) is 23.6 Å². The number of alkyl halides is 3. The van der Waals surface area contributed by atoms with Crippen molar-refractivity contribution in [3.05, 3.63) is 51.7 Å². The molecule has 1 aliphatic rings. The van der Waals surface area contributed by atoms with Crippen molar-refractivity contribution in [2.45, 2.75) is 12.2 Å². The summed E-state index contributed by atoms with van der Waals surface area (Å²) in [5.41, 5.74) is -0.412. The van der Waals surface area contributed by atoms with Gasteiger partial charge in [0, 0.05) is 24.5 Å². The minimum Gasteiger partial charge on any atom is -0.382 e. The van der Waals surface area contributed by atoms with E-state index in [2.05, 4.69) is 10.2 Å². The van der Waals surface area contributed by atoms with Crippen LogP contribution in [-0.2, 0) is 10.9 Å². The zero-order valence-corrected chi connectivity index (χ0v) is 14.7. The largest absolute Gasteiger partial charge is 0.416 e. The minimum absolute atomic E-state index is 0.00766. The molecule has 3 rings (SSSR count). The quantitative estimate of drug-likeness (QED) is 0.846. The van der Waals surface area contributed by atoms with Crippen LogP contribution in [0, 0.1) is 11.3 Å². The van der Waals surface area contributed by atoms with E-state index < -0.39 is 11.7 Å². The number of thiophene rings is 1. The van der Waals surface area contributed by atoms with Crippen LogP contribution in [-0.4, -0.2) is 37.7 Å². The van der Waals surface area contributed by atoms with Gasteiger partial charge in [-0.25, -0.2) is 0 Å². The summed E-state index contributed by atoms with van der Waals surface area (Å²) in [6.45, 7) is 3.41. The van der Waals surface area contributed by atoms with Gasteiger partial charge in [0.1, 0.15) is 6.07 Å². The third-order valence-corrected chi connectivity index (χ3v) is 5.28. The standard InChI is InChI=1S/C18H18F3N3OS/c19-18(20,21)14-3-4-15(13(10-14)11-22)23-12-16(17-2-1-9-26-17)24-5-7-25-8-6-24/h1-4,9-10,16,23H,5-8,12H2. The summed E-state index contributed by atoms with van der Waals surface area (Å²) < 4.78 is 43.9. The van der Waals surface area contributed by atoms with Crippen LogP contribution in [0.3, 0.4) is 0 Å². The topological polar surface area (TPSA) is 48.3 Å². The molecule has 1 fully saturated rings. The number of halogens is 3. The summed E-state index contributed by atoms with van der Waals surface area (Å²) >= 11 is 1.64. The Kier molecular flexibility index (Phi) is 5.81. The van der Waals surface area contributed by atoms with Crippen molar-refractivity contribution in [3.8, 4) is 6.07 Å². The van der Waals surface area contributed by atoms with Gasteiger partial charge in [-0.2, -0.15) is 18.4 Å². The Morgan fingerprint density at radius 3 is 2.65 bits per heavy atom. The first kappa shape index (κ1) is 18.7. The monoisotopic (exact) mass is 381 g/mol. The lowest BCUT2D eigenvalue weighted by molar-refractivity contribution is -0.137. The molecule has 1 aromatic heterocycles. The number of hydrogen-bond acceptors (Lipinski definition) is 5. The van der Waals surface area contributed by atoms with E-state index in [1.54, 1.807) is 11.3 Å². The van der Waals surface area contributed by atoms with Crippen molar-refractivity contribution < 1.29 is 17.9 Å². The lowest BCUT2D eigenvalue weighted by Gasteiger charge is -2.34. The summed E-state index contributed by atoms with van der Waals surface area (Å²) in [6.07, 6.45) is -4.46. The summed E-state index contributed by atoms with van der Waals surface area (Å²) in [5.74, 6) is 0. The average molecular weight is 381 g/mol. The van der Waals surface area contributed by atoms with E-state index in [1.165, 1.54) is 10.9 Å². The van der Waals surface area contributed by atoms with E-state index >= 15 is 0 Å². The normalized spacial score (nSPS) is 16.8. The third kappa shape index (κ3) is 4.36. The average Bonchev–Trinajstić information content (AvgIpc) is 3.16. The lowest BCUT2D eigenvalue weighted by atomic mass is 10.1. The Morgan fingerprint density at radius 2 is 2.04 bits per heavy atom. The van der Waals surface area contributed by atoms with Gasteiger partial charge in [-0.15, -0.1) is 11.3 Å². The SMILES string of the molecule is N#Cc1cc(C(F)(F)F)ccc1NCC(c1cccs1)N1CCOCC1. The molecule has 0 saturated carbocycles. The Bertz CT molecular complexity index is 765. The Labute approximate surface area is 153 Å². The number of nitrogens with one attached hydrogen (secondary N) is 1. The highest BCUT2D eigenvalue weighted by molar-refractivity contribution is 7.10. The number of morpholine rings is 1. The lowest BCUT2D eigenvalue weighted by Crippen LogP contribution is -2.41. The fourth-order valence-corrected chi connectivity index (χ4v) is 3.81. The van der Waals surface area contributed by atoms with Gasteiger partial charge in [0.15, 0.2) is 0 Å². The van der Waals surface area contributed by atoms with Crippen LogP contribution in [0.1, 0.15) is 22.0 Å². The molecule has 1 aliphatic heterocycles. The van der Waals surface area contributed by atoms with Crippen LogP contribution in [0.2, 0.25) is 0 Å². The first-order valence-corrected chi connectivity index (χ1v) is 9.07. The summed E-state index contributed by atoms with van der Waals surface area (Å²) in [6, 6.07) is 9.16. The van der Waals surface area contributed by atoms with E-state index in [9.17, 15) is 18.4 Å². The molecule has 8 heteroatoms. The molecule has 1 unspecified atom stereocenters. The molecule has 2 heterocycles. The number of nitrogens with zero attached hydrogens (tertiary/aromatic N) is 2. The van der Waals surface area contributed by atoms with E-state index in [4.69, 9.17) is 4.74 Å². The maximum absolute atomic E-state index is 12.8. The van der Waals surface area contributed by atoms with Crippen molar-refractivity contribution in [2.24, 2.45) is 0 Å². The third-order valence-electron chi connectivity index (χ3n) is 4.31. The van der Waals surface area contributed by atoms with Gasteiger partial charge < -0.3 is 10.1 Å². The smallest absolute Gasteiger partial charge is 0.382 e. The molecule has 1 saturated heterocycles. The van der Waals surface area contributed by atoms with Crippen LogP contribution in [0.15, 0.2) is 35.7 Å². The second-order valence-electron chi connectivity index (χ2n) is 5.93. The number of anilines is 1. The molecule has 26 heavy (non-hydrogen) atoms. The van der Waals surface area contributed by atoms with Gasteiger partial charge >= 0.3 is 6.18 Å². The van der Waals surface area contributed by atoms with Gasteiger partial charge in [-0.1, -0.05) is 6.07 Å². The zero-order valence-electron chi connectivity index (χ0n) is 13.9. The van der Waals surface area contributed by atoms with Crippen LogP contribution < -0.4 is 5.32 Å². The highest BCUT2D eigenvalue weighted by Gasteiger charge is 2.31. The van der Waals surface area contributed by atoms with Gasteiger partial charge in [-0.05, 0) is 29.6 Å². The molecule has 0 aliphatic carbocycles. The van der Waals surface area contributed by atoms with Gasteiger partial charge in [-0.3, -0.25) is 4.90 Å². The van der Waals surface area contributed by atoms with Crippen molar-refractivity contribution in [3.63, 3.8) is 0 Å². The molecule has 0 amide bonds. The Hall–Kier alpha value is -2.08. The fourth-order valence-electron chi connectivity index (χ4n) is 2.95. The predicted molar refractivity (Wildman–Crippen MR) is 94.1 cm³/mol. The molecule has 0 spiro atoms. The van der Waals surface area contributed by atoms with Crippen LogP contribution in [0.4, 0.5) is 18.9 Å². The first-order valence-electron chi connectivity index (χ1n) is 8.19. The van der Waals surface area contributed by atoms with Gasteiger partial charge in [0.2, 0.25) is 0 Å². The van der Waals surface area contributed by atoms with E-state index in [0.29, 0.717) is 25.4 Å². The number of ether oxygens (including phenoxy) is 1. The minimum atomic E-state index is -4.46. The number of benzene rings is 1. The Balaban J connectivity index is 1.77. The molecular weight excluding hydrogens is 363 g/mol. The highest BCUT2D eigenvalue weighted by Crippen LogP contribution is 2.32. The first-order chi connectivity index (χ1) is 12.5. The van der Waals surface area contributed by atoms with E-state index in [0.717, 1.165) is 25.2 Å². The molecule has 0 bridgehead atoms. The molecule has 1 atom stereocenters. The van der Waals surface area contributed by atoms with E-state index in [-0.39, 0.29) is 11.6 Å². The number of hydrogen-bond donors (Lipinski definition) is 1. The molecule has 1 N–H and O–H groups in total. The number of nitriles is 1. The van der Waals surface area contributed by atoms with Gasteiger partial charge in [0.05, 0.1) is 36.1 Å². The highest BCUT2D eigenvalue weighted by atomic mass is 32.1. The second-order valence-corrected chi connectivity index (χ2v) is 6.91.